The number of carbonyl (C=O) groups excluding carboxylic acids is 1. The van der Waals surface area contributed by atoms with Crippen molar-refractivity contribution < 1.29 is 13.6 Å². The van der Waals surface area contributed by atoms with E-state index in [1.807, 2.05) is 0 Å². The smallest absolute Gasteiger partial charge is 0.255 e. The molecule has 2 nitrogen and oxygen atoms in total. The van der Waals surface area contributed by atoms with Gasteiger partial charge in [0.25, 0.3) is 5.91 Å². The van der Waals surface area contributed by atoms with Gasteiger partial charge in [0.1, 0.15) is 11.6 Å². The number of benzene rings is 2. The molecule has 0 atom stereocenters. The maximum atomic E-state index is 13.1. The van der Waals surface area contributed by atoms with Crippen molar-refractivity contribution in [3.05, 3.63) is 59.2 Å². The molecule has 0 aliphatic rings. The lowest BCUT2D eigenvalue weighted by Gasteiger charge is -2.07. The van der Waals surface area contributed by atoms with Gasteiger partial charge in [0, 0.05) is 16.1 Å². The summed E-state index contributed by atoms with van der Waals surface area (Å²) in [6, 6.07) is 8.14. The van der Waals surface area contributed by atoms with Crippen LogP contribution in [0.5, 0.6) is 0 Å². The number of nitrogens with one attached hydrogen (secondary N) is 1. The van der Waals surface area contributed by atoms with Crippen molar-refractivity contribution in [3.63, 3.8) is 0 Å². The van der Waals surface area contributed by atoms with Gasteiger partial charge < -0.3 is 5.32 Å². The van der Waals surface area contributed by atoms with Crippen LogP contribution in [0.15, 0.2) is 41.3 Å². The third-order valence-corrected chi connectivity index (χ3v) is 2.97. The number of halogens is 2. The van der Waals surface area contributed by atoms with Gasteiger partial charge in [0.15, 0.2) is 0 Å². The van der Waals surface area contributed by atoms with Crippen LogP contribution >= 0.6 is 12.6 Å². The summed E-state index contributed by atoms with van der Waals surface area (Å²) in [5.74, 6) is -1.23. The predicted molar refractivity (Wildman–Crippen MR) is 72.7 cm³/mol. The van der Waals surface area contributed by atoms with Crippen molar-refractivity contribution in [3.8, 4) is 0 Å². The quantitative estimate of drug-likeness (QED) is 0.804. The summed E-state index contributed by atoms with van der Waals surface area (Å²) in [4.78, 5) is 12.0. The van der Waals surface area contributed by atoms with Crippen LogP contribution in [-0.4, -0.2) is 5.91 Å². The van der Waals surface area contributed by atoms with E-state index in [1.165, 1.54) is 36.4 Å². The monoisotopic (exact) mass is 279 g/mol. The number of hydrogen-bond donors (Lipinski definition) is 2. The lowest BCUT2D eigenvalue weighted by molar-refractivity contribution is 0.102. The number of thiol groups is 1. The Morgan fingerprint density at radius 3 is 2.42 bits per heavy atom. The molecular formula is C14H11F2NOS. The van der Waals surface area contributed by atoms with Gasteiger partial charge in [-0.15, -0.1) is 12.6 Å². The maximum absolute atomic E-state index is 13.1. The standard InChI is InChI=1S/C14H11F2NOS/c1-8-6-10(3-5-11(8)15)17-14(18)9-2-4-12(16)13(19)7-9/h2-7,19H,1H3,(H,17,18). The molecule has 2 aromatic carbocycles. The summed E-state index contributed by atoms with van der Waals surface area (Å²) in [5.41, 5.74) is 1.20. The third kappa shape index (κ3) is 3.12. The number of anilines is 1. The van der Waals surface area contributed by atoms with Crippen LogP contribution in [-0.2, 0) is 0 Å². The number of rotatable bonds is 2. The van der Waals surface area contributed by atoms with Gasteiger partial charge in [-0.2, -0.15) is 0 Å². The molecule has 2 aromatic rings. The second-order valence-electron chi connectivity index (χ2n) is 4.08. The Balaban J connectivity index is 2.20. The minimum absolute atomic E-state index is 0.0999. The van der Waals surface area contributed by atoms with Crippen molar-refractivity contribution in [2.45, 2.75) is 11.8 Å². The van der Waals surface area contributed by atoms with Gasteiger partial charge in [-0.25, -0.2) is 8.78 Å². The summed E-state index contributed by atoms with van der Waals surface area (Å²) in [6.07, 6.45) is 0. The fourth-order valence-corrected chi connectivity index (χ4v) is 1.79. The highest BCUT2D eigenvalue weighted by Gasteiger charge is 2.09. The molecule has 5 heteroatoms. The van der Waals surface area contributed by atoms with Crippen LogP contribution in [0.25, 0.3) is 0 Å². The van der Waals surface area contributed by atoms with Crippen LogP contribution in [0.2, 0.25) is 0 Å². The van der Waals surface area contributed by atoms with E-state index in [0.29, 0.717) is 11.3 Å². The Morgan fingerprint density at radius 2 is 1.79 bits per heavy atom. The first-order valence-corrected chi connectivity index (χ1v) is 5.98. The van der Waals surface area contributed by atoms with E-state index in [2.05, 4.69) is 17.9 Å². The number of amides is 1. The highest BCUT2D eigenvalue weighted by Crippen LogP contribution is 2.17. The average molecular weight is 279 g/mol. The molecule has 0 saturated carbocycles. The van der Waals surface area contributed by atoms with Crippen molar-refractivity contribution in [1.82, 2.24) is 0 Å². The maximum Gasteiger partial charge on any atom is 0.255 e. The number of hydrogen-bond acceptors (Lipinski definition) is 2. The van der Waals surface area contributed by atoms with Gasteiger partial charge in [0.05, 0.1) is 0 Å². The molecule has 0 fully saturated rings. The molecule has 0 aliphatic carbocycles. The molecule has 0 aromatic heterocycles. The molecule has 19 heavy (non-hydrogen) atoms. The Labute approximate surface area is 114 Å². The van der Waals surface area contributed by atoms with Crippen molar-refractivity contribution in [2.75, 3.05) is 5.32 Å². The van der Waals surface area contributed by atoms with E-state index in [0.717, 1.165) is 0 Å². The largest absolute Gasteiger partial charge is 0.322 e. The Bertz CT molecular complexity index is 643. The summed E-state index contributed by atoms with van der Waals surface area (Å²) in [6.45, 7) is 1.61. The average Bonchev–Trinajstić information content (AvgIpc) is 2.37. The van der Waals surface area contributed by atoms with E-state index in [1.54, 1.807) is 6.92 Å². The fourth-order valence-electron chi connectivity index (χ4n) is 1.58. The van der Waals surface area contributed by atoms with Gasteiger partial charge in [0.2, 0.25) is 0 Å². The second-order valence-corrected chi connectivity index (χ2v) is 4.57. The zero-order chi connectivity index (χ0) is 14.0. The molecule has 2 rings (SSSR count). The predicted octanol–water partition coefficient (Wildman–Crippen LogP) is 3.81. The summed E-state index contributed by atoms with van der Waals surface area (Å²) in [5, 5.41) is 2.61. The van der Waals surface area contributed by atoms with E-state index < -0.39 is 11.7 Å². The zero-order valence-corrected chi connectivity index (χ0v) is 11.0. The van der Waals surface area contributed by atoms with Crippen LogP contribution in [0.3, 0.4) is 0 Å². The van der Waals surface area contributed by atoms with E-state index >= 15 is 0 Å². The lowest BCUT2D eigenvalue weighted by Crippen LogP contribution is -2.12. The Hall–Kier alpha value is -1.88. The Morgan fingerprint density at radius 1 is 1.11 bits per heavy atom. The molecule has 0 heterocycles. The molecule has 1 amide bonds. The minimum Gasteiger partial charge on any atom is -0.322 e. The number of carbonyl (C=O) groups is 1. The van der Waals surface area contributed by atoms with Crippen LogP contribution in [0.4, 0.5) is 14.5 Å². The lowest BCUT2D eigenvalue weighted by atomic mass is 10.2. The van der Waals surface area contributed by atoms with Gasteiger partial charge in [-0.05, 0) is 48.9 Å². The van der Waals surface area contributed by atoms with E-state index in [9.17, 15) is 13.6 Å². The molecule has 1 N–H and O–H groups in total. The van der Waals surface area contributed by atoms with E-state index in [-0.39, 0.29) is 16.3 Å². The normalized spacial score (nSPS) is 10.3. The SMILES string of the molecule is Cc1cc(NC(=O)c2ccc(F)c(S)c2)ccc1F. The first-order valence-electron chi connectivity index (χ1n) is 5.53. The second kappa shape index (κ2) is 5.40. The molecule has 0 radical (unpaired) electrons. The molecular weight excluding hydrogens is 268 g/mol. The molecule has 0 aliphatic heterocycles. The Kier molecular flexibility index (Phi) is 3.85. The fraction of sp³-hybridized carbons (Fsp3) is 0.0714. The van der Waals surface area contributed by atoms with Crippen molar-refractivity contribution in [1.29, 1.82) is 0 Å². The van der Waals surface area contributed by atoms with Gasteiger partial charge >= 0.3 is 0 Å². The molecule has 0 spiro atoms. The highest BCUT2D eigenvalue weighted by atomic mass is 32.1. The topological polar surface area (TPSA) is 29.1 Å². The van der Waals surface area contributed by atoms with Crippen molar-refractivity contribution in [2.24, 2.45) is 0 Å². The summed E-state index contributed by atoms with van der Waals surface area (Å²) in [7, 11) is 0. The van der Waals surface area contributed by atoms with Gasteiger partial charge in [-0.1, -0.05) is 0 Å². The molecule has 0 saturated heterocycles. The molecule has 0 bridgehead atoms. The molecule has 0 unspecified atom stereocenters. The summed E-state index contributed by atoms with van der Waals surface area (Å²) >= 11 is 3.91. The first-order chi connectivity index (χ1) is 8.97. The first kappa shape index (κ1) is 13.5. The minimum atomic E-state index is -0.488. The number of aryl methyl sites for hydroxylation is 1. The van der Waals surface area contributed by atoms with Crippen molar-refractivity contribution >= 4 is 24.2 Å². The van der Waals surface area contributed by atoms with Crippen LogP contribution in [0.1, 0.15) is 15.9 Å². The van der Waals surface area contributed by atoms with Crippen LogP contribution in [0, 0.1) is 18.6 Å². The molecule has 98 valence electrons. The zero-order valence-electron chi connectivity index (χ0n) is 10.1. The van der Waals surface area contributed by atoms with Crippen LogP contribution < -0.4 is 5.32 Å². The van der Waals surface area contributed by atoms with Gasteiger partial charge in [-0.3, -0.25) is 4.79 Å². The third-order valence-electron chi connectivity index (χ3n) is 2.62. The summed E-state index contributed by atoms with van der Waals surface area (Å²) < 4.78 is 26.1. The van der Waals surface area contributed by atoms with E-state index in [4.69, 9.17) is 0 Å². The highest BCUT2D eigenvalue weighted by molar-refractivity contribution is 7.80.